The summed E-state index contributed by atoms with van der Waals surface area (Å²) in [5.41, 5.74) is 11.1. The predicted octanol–water partition coefficient (Wildman–Crippen LogP) is -3.16. The smallest absolute Gasteiger partial charge is 0.115 e. The van der Waals surface area contributed by atoms with E-state index in [-0.39, 0.29) is 6.10 Å². The summed E-state index contributed by atoms with van der Waals surface area (Å²) in [5.74, 6) is 0. The summed E-state index contributed by atoms with van der Waals surface area (Å²) in [6, 6.07) is 0. The highest BCUT2D eigenvalue weighted by molar-refractivity contribution is 4.64. The summed E-state index contributed by atoms with van der Waals surface area (Å²) in [7, 11) is 6.27. The number of aliphatic hydroxyl groups excluding tert-OH is 1. The number of likely N-dealkylation sites (N-methyl/N-ethyl adjacent to an activating group) is 1. The number of hydrogen-bond donors (Lipinski definition) is 4. The van der Waals surface area contributed by atoms with Gasteiger partial charge in [-0.1, -0.05) is 0 Å². The molecule has 0 spiro atoms. The Morgan fingerprint density at radius 2 is 1.78 bits per heavy atom. The molecule has 0 saturated carbocycles. The lowest BCUT2D eigenvalue weighted by Crippen LogP contribution is -2.87. The first-order chi connectivity index (χ1) is 8.39. The van der Waals surface area contributed by atoms with Crippen molar-refractivity contribution in [2.75, 3.05) is 73.5 Å². The van der Waals surface area contributed by atoms with Gasteiger partial charge in [-0.15, -0.1) is 0 Å². The summed E-state index contributed by atoms with van der Waals surface area (Å²) in [5, 5.41) is 12.3. The van der Waals surface area contributed by atoms with E-state index in [2.05, 4.69) is 31.4 Å². The van der Waals surface area contributed by atoms with Gasteiger partial charge in [-0.2, -0.15) is 0 Å². The molecule has 0 aromatic carbocycles. The molecule has 110 valence electrons. The zero-order valence-corrected chi connectivity index (χ0v) is 12.3. The van der Waals surface area contributed by atoms with Gasteiger partial charge in [-0.3, -0.25) is 4.90 Å². The van der Waals surface area contributed by atoms with Crippen molar-refractivity contribution in [1.82, 2.24) is 4.90 Å². The second-order valence-electron chi connectivity index (χ2n) is 5.87. The van der Waals surface area contributed by atoms with Crippen LogP contribution in [0.4, 0.5) is 0 Å². The van der Waals surface area contributed by atoms with E-state index < -0.39 is 0 Å². The fraction of sp³-hybridized carbons (Fsp3) is 1.00. The van der Waals surface area contributed by atoms with E-state index in [1.54, 1.807) is 0 Å². The van der Waals surface area contributed by atoms with E-state index >= 15 is 0 Å². The molecule has 0 aliphatic heterocycles. The van der Waals surface area contributed by atoms with Gasteiger partial charge < -0.3 is 26.4 Å². The maximum absolute atomic E-state index is 10.1. The molecule has 0 heterocycles. The van der Waals surface area contributed by atoms with Crippen molar-refractivity contribution >= 4 is 0 Å². The lowest BCUT2D eigenvalue weighted by atomic mass is 10.2. The molecule has 0 rings (SSSR count). The minimum atomic E-state index is -0.300. The van der Waals surface area contributed by atoms with Crippen LogP contribution in [-0.4, -0.2) is 94.1 Å². The standard InChI is InChI=1S/C12H32N5O/c1-17(2,3)11-12(18)10-16(8-5-14)9-7-15-6-4-13/h12,15,18H,4-11,13-14H2,1-3H3/q+1/p+1. The zero-order chi connectivity index (χ0) is 14.0. The van der Waals surface area contributed by atoms with Crippen molar-refractivity contribution in [3.8, 4) is 0 Å². The van der Waals surface area contributed by atoms with Crippen molar-refractivity contribution in [1.29, 1.82) is 0 Å². The number of aliphatic hydroxyl groups is 1. The van der Waals surface area contributed by atoms with E-state index in [0.717, 1.165) is 37.2 Å². The SMILES string of the molecule is C[N+](C)(C)CC(O)CN(CCN)CC[NH2+]CCN. The molecule has 0 aromatic rings. The van der Waals surface area contributed by atoms with Crippen LogP contribution in [0.3, 0.4) is 0 Å². The van der Waals surface area contributed by atoms with E-state index in [9.17, 15) is 5.11 Å². The molecule has 6 nitrogen and oxygen atoms in total. The van der Waals surface area contributed by atoms with Crippen LogP contribution in [0.15, 0.2) is 0 Å². The highest BCUT2D eigenvalue weighted by atomic mass is 16.3. The average Bonchev–Trinajstić information content (AvgIpc) is 2.21. The highest BCUT2D eigenvalue weighted by Gasteiger charge is 2.18. The first-order valence-electron chi connectivity index (χ1n) is 6.81. The minimum Gasteiger partial charge on any atom is -0.386 e. The quantitative estimate of drug-likeness (QED) is 0.234. The van der Waals surface area contributed by atoms with Crippen molar-refractivity contribution in [2.24, 2.45) is 11.5 Å². The van der Waals surface area contributed by atoms with Crippen molar-refractivity contribution < 1.29 is 14.9 Å². The van der Waals surface area contributed by atoms with Crippen LogP contribution in [-0.2, 0) is 0 Å². The van der Waals surface area contributed by atoms with E-state index in [1.807, 2.05) is 0 Å². The predicted molar refractivity (Wildman–Crippen MR) is 75.1 cm³/mol. The molecule has 0 aromatic heterocycles. The lowest BCUT2D eigenvalue weighted by molar-refractivity contribution is -0.873. The van der Waals surface area contributed by atoms with Crippen molar-refractivity contribution in [3.05, 3.63) is 0 Å². The third-order valence-corrected chi connectivity index (χ3v) is 2.69. The summed E-state index contributed by atoms with van der Waals surface area (Å²) in [6.45, 7) is 6.55. The summed E-state index contributed by atoms with van der Waals surface area (Å²) >= 11 is 0. The van der Waals surface area contributed by atoms with Crippen LogP contribution in [0.2, 0.25) is 0 Å². The second kappa shape index (κ2) is 9.66. The van der Waals surface area contributed by atoms with Crippen LogP contribution in [0.1, 0.15) is 0 Å². The number of hydrogen-bond acceptors (Lipinski definition) is 4. The lowest BCUT2D eigenvalue weighted by Gasteiger charge is -2.30. The third kappa shape index (κ3) is 10.9. The Kier molecular flexibility index (Phi) is 9.53. The molecular formula is C12H33N5O+2. The Morgan fingerprint density at radius 1 is 1.11 bits per heavy atom. The minimum absolute atomic E-state index is 0.300. The highest BCUT2D eigenvalue weighted by Crippen LogP contribution is 1.98. The number of rotatable bonds is 11. The molecule has 0 aliphatic carbocycles. The molecule has 7 N–H and O–H groups in total. The number of nitrogens with zero attached hydrogens (tertiary/aromatic N) is 2. The summed E-state index contributed by atoms with van der Waals surface area (Å²) in [4.78, 5) is 2.23. The maximum atomic E-state index is 10.1. The second-order valence-corrected chi connectivity index (χ2v) is 5.87. The molecule has 0 aliphatic rings. The maximum Gasteiger partial charge on any atom is 0.115 e. The molecule has 1 atom stereocenters. The van der Waals surface area contributed by atoms with Crippen LogP contribution < -0.4 is 16.8 Å². The van der Waals surface area contributed by atoms with Gasteiger partial charge in [0.1, 0.15) is 12.6 Å². The van der Waals surface area contributed by atoms with Gasteiger partial charge in [0.25, 0.3) is 0 Å². The summed E-state index contributed by atoms with van der Waals surface area (Å²) in [6.07, 6.45) is -0.300. The molecule has 0 bridgehead atoms. The molecule has 1 unspecified atom stereocenters. The molecule has 0 radical (unpaired) electrons. The van der Waals surface area contributed by atoms with Crippen LogP contribution in [0, 0.1) is 0 Å². The van der Waals surface area contributed by atoms with Gasteiger partial charge in [0, 0.05) is 32.7 Å². The van der Waals surface area contributed by atoms with E-state index in [4.69, 9.17) is 11.5 Å². The van der Waals surface area contributed by atoms with Crippen molar-refractivity contribution in [2.45, 2.75) is 6.10 Å². The number of quaternary nitrogens is 2. The number of nitrogens with two attached hydrogens (primary N) is 3. The zero-order valence-electron chi connectivity index (χ0n) is 12.3. The monoisotopic (exact) mass is 263 g/mol. The Hall–Kier alpha value is -0.240. The topological polar surface area (TPSA) is 92.1 Å². The van der Waals surface area contributed by atoms with Gasteiger partial charge in [0.2, 0.25) is 0 Å². The first kappa shape index (κ1) is 17.8. The van der Waals surface area contributed by atoms with Gasteiger partial charge in [-0.05, 0) is 0 Å². The Balaban J connectivity index is 3.93. The van der Waals surface area contributed by atoms with Crippen molar-refractivity contribution in [3.63, 3.8) is 0 Å². The van der Waals surface area contributed by atoms with E-state index in [1.165, 1.54) is 0 Å². The molecular weight excluding hydrogens is 230 g/mol. The van der Waals surface area contributed by atoms with Crippen LogP contribution >= 0.6 is 0 Å². The largest absolute Gasteiger partial charge is 0.386 e. The average molecular weight is 263 g/mol. The molecule has 0 amide bonds. The molecule has 6 heteroatoms. The van der Waals surface area contributed by atoms with Crippen LogP contribution in [0.5, 0.6) is 0 Å². The first-order valence-corrected chi connectivity index (χ1v) is 6.81. The fourth-order valence-corrected chi connectivity index (χ4v) is 2.00. The molecule has 0 fully saturated rings. The molecule has 0 saturated heterocycles. The Bertz CT molecular complexity index is 195. The van der Waals surface area contributed by atoms with Gasteiger partial charge in [0.05, 0.1) is 34.2 Å². The Morgan fingerprint density at radius 3 is 2.28 bits per heavy atom. The Labute approximate surface area is 112 Å². The van der Waals surface area contributed by atoms with Gasteiger partial charge >= 0.3 is 0 Å². The fourth-order valence-electron chi connectivity index (χ4n) is 2.00. The van der Waals surface area contributed by atoms with Crippen LogP contribution in [0.25, 0.3) is 0 Å². The summed E-state index contributed by atoms with van der Waals surface area (Å²) < 4.78 is 0.775. The van der Waals surface area contributed by atoms with Gasteiger partial charge in [0.15, 0.2) is 0 Å². The molecule has 18 heavy (non-hydrogen) atoms. The van der Waals surface area contributed by atoms with E-state index in [0.29, 0.717) is 19.6 Å². The normalized spacial score (nSPS) is 14.2. The third-order valence-electron chi connectivity index (χ3n) is 2.69. The van der Waals surface area contributed by atoms with Gasteiger partial charge in [-0.25, -0.2) is 0 Å².